The van der Waals surface area contributed by atoms with Crippen molar-refractivity contribution in [3.63, 3.8) is 0 Å². The van der Waals surface area contributed by atoms with E-state index in [-0.39, 0.29) is 32.6 Å². The number of aromatic nitrogens is 5. The van der Waals surface area contributed by atoms with E-state index in [0.717, 1.165) is 10.2 Å². The number of thiazole rings is 3. The lowest BCUT2D eigenvalue weighted by Crippen LogP contribution is -2.32. The first-order chi connectivity index (χ1) is 32.7. The number of hydrogen-bond acceptors (Lipinski definition) is 17. The first-order valence-corrected chi connectivity index (χ1v) is 25.4. The van der Waals surface area contributed by atoms with Crippen LogP contribution in [0.5, 0.6) is 0 Å². The van der Waals surface area contributed by atoms with Crippen LogP contribution >= 0.6 is 49.9 Å². The SMILES string of the molecule is NS(=O)(=O)c1ccc2nc(-c3csc(-c4ccccc4F)n3)[nH]c2c1.Nc1ccc(S(N)(=O)=O)cc1N.O=Cc1csc(-c2ccccc2F)n1.O=Cc1csc(Br)n1.OB(O)c1ccccc1F. The molecule has 356 valence electrons. The molecule has 0 unspecified atom stereocenters. The van der Waals surface area contributed by atoms with Gasteiger partial charge in [-0.2, -0.15) is 0 Å². The third-order valence-corrected chi connectivity index (χ3v) is 13.5. The number of nitrogen functional groups attached to an aromatic ring is 2. The highest BCUT2D eigenvalue weighted by Gasteiger charge is 2.16. The molecule has 0 spiro atoms. The Morgan fingerprint density at radius 1 is 0.609 bits per heavy atom. The Morgan fingerprint density at radius 2 is 1.12 bits per heavy atom. The molecule has 0 aliphatic carbocycles. The number of aldehydes is 2. The highest BCUT2D eigenvalue weighted by Crippen LogP contribution is 2.31. The van der Waals surface area contributed by atoms with Gasteiger partial charge in [0.25, 0.3) is 0 Å². The fraction of sp³-hybridized carbons (Fsp3) is 0. The van der Waals surface area contributed by atoms with Crippen LogP contribution < -0.4 is 27.2 Å². The predicted octanol–water partition coefficient (Wildman–Crippen LogP) is 6.62. The number of rotatable bonds is 8. The van der Waals surface area contributed by atoms with Crippen LogP contribution in [-0.2, 0) is 20.0 Å². The molecule has 0 atom stereocenters. The van der Waals surface area contributed by atoms with Crippen LogP contribution in [0.3, 0.4) is 0 Å². The van der Waals surface area contributed by atoms with E-state index in [1.165, 1.54) is 101 Å². The summed E-state index contributed by atoms with van der Waals surface area (Å²) in [7, 11) is -9.19. The molecule has 5 aromatic carbocycles. The number of carbonyl (C=O) groups is 2. The van der Waals surface area contributed by atoms with Gasteiger partial charge in [-0.3, -0.25) is 9.59 Å². The molecule has 69 heavy (non-hydrogen) atoms. The quantitative estimate of drug-likeness (QED) is 0.0478. The van der Waals surface area contributed by atoms with Gasteiger partial charge in [-0.05, 0) is 82.7 Å². The van der Waals surface area contributed by atoms with Crippen molar-refractivity contribution < 1.29 is 49.6 Å². The molecule has 27 heteroatoms. The number of hydrogen-bond donors (Lipinski definition) is 7. The monoisotopic (exact) mass is 1100 g/mol. The average molecular weight is 1100 g/mol. The number of primary sulfonamides is 2. The van der Waals surface area contributed by atoms with Crippen molar-refractivity contribution in [3.05, 3.63) is 158 Å². The third-order valence-electron chi connectivity index (χ3n) is 8.56. The number of carbonyl (C=O) groups excluding carboxylic acids is 2. The summed E-state index contributed by atoms with van der Waals surface area (Å²) in [5, 5.41) is 33.2. The molecule has 0 fully saturated rings. The van der Waals surface area contributed by atoms with E-state index in [0.29, 0.717) is 67.1 Å². The highest BCUT2D eigenvalue weighted by atomic mass is 79.9. The maximum Gasteiger partial charge on any atom is 0.491 e. The first-order valence-electron chi connectivity index (χ1n) is 18.9. The summed E-state index contributed by atoms with van der Waals surface area (Å²) in [6.07, 6.45) is 1.38. The van der Waals surface area contributed by atoms with Gasteiger partial charge in [0, 0.05) is 32.7 Å². The van der Waals surface area contributed by atoms with Crippen molar-refractivity contribution in [3.8, 4) is 32.7 Å². The van der Waals surface area contributed by atoms with Crippen LogP contribution in [0, 0.1) is 17.5 Å². The lowest BCUT2D eigenvalue weighted by molar-refractivity contribution is 0.111. The Labute approximate surface area is 411 Å². The van der Waals surface area contributed by atoms with Crippen LogP contribution in [-0.4, -0.2) is 71.5 Å². The minimum absolute atomic E-state index is 0.000485. The fourth-order valence-electron chi connectivity index (χ4n) is 5.26. The summed E-state index contributed by atoms with van der Waals surface area (Å²) < 4.78 is 84.9. The molecule has 0 saturated carbocycles. The van der Waals surface area contributed by atoms with E-state index in [1.54, 1.807) is 58.6 Å². The lowest BCUT2D eigenvalue weighted by Gasteiger charge is -2.01. The Hall–Kier alpha value is -6.53. The molecular weight excluding hydrogens is 1070 g/mol. The van der Waals surface area contributed by atoms with Gasteiger partial charge in [0.05, 0.1) is 32.2 Å². The van der Waals surface area contributed by atoms with Crippen molar-refractivity contribution in [1.82, 2.24) is 24.9 Å². The number of H-pyrrole nitrogens is 1. The zero-order valence-corrected chi connectivity index (χ0v) is 40.5. The molecule has 11 N–H and O–H groups in total. The molecule has 0 radical (unpaired) electrons. The van der Waals surface area contributed by atoms with Gasteiger partial charge in [-0.25, -0.2) is 60.2 Å². The van der Waals surface area contributed by atoms with Crippen molar-refractivity contribution in [2.24, 2.45) is 10.3 Å². The molecule has 0 amide bonds. The van der Waals surface area contributed by atoms with E-state index in [9.17, 15) is 39.6 Å². The standard InChI is InChI=1S/C16H11FN4O2S2.C10H6FNOS.C6H6BFO2.C6H9N3O2S.C4H2BrNOS/c17-11-4-2-1-3-10(11)16-21-14(8-24-16)15-19-12-6-5-9(25(18,22)23)7-13(12)20-15;11-9-4-2-1-3-8(9)10-12-7(5-13)6-14-10;8-6-4-2-1-3-5(6)7(9)10;7-5-2-1-4(3-6(5)8)12(9,10)11;5-4-6-3(1-7)2-8-4/h1-8H,(H,19,20)(H2,18,22,23);1-6H;1-4,9-10H;1-3H,7-8H2,(H2,9,10,11);1-2H. The maximum absolute atomic E-state index is 13.9. The minimum atomic E-state index is -3.79. The van der Waals surface area contributed by atoms with Crippen LogP contribution in [0.2, 0.25) is 0 Å². The van der Waals surface area contributed by atoms with Gasteiger partial charge in [0.15, 0.2) is 22.3 Å². The number of fused-ring (bicyclic) bond motifs is 1. The largest absolute Gasteiger partial charge is 0.491 e. The Bertz CT molecular complexity index is 3450. The van der Waals surface area contributed by atoms with Crippen LogP contribution in [0.4, 0.5) is 24.5 Å². The lowest BCUT2D eigenvalue weighted by atomic mass is 9.80. The second-order valence-electron chi connectivity index (χ2n) is 13.4. The normalized spacial score (nSPS) is 10.8. The molecular formula is C42H34BBrF3N9O8S5. The van der Waals surface area contributed by atoms with E-state index >= 15 is 0 Å². The number of nitrogens with one attached hydrogen (secondary N) is 1. The van der Waals surface area contributed by atoms with Crippen LogP contribution in [0.15, 0.2) is 139 Å². The number of imidazole rings is 1. The number of halogens is 4. The molecule has 9 rings (SSSR count). The molecule has 4 aromatic heterocycles. The average Bonchev–Trinajstić information content (AvgIpc) is 4.15. The van der Waals surface area contributed by atoms with Crippen molar-refractivity contribution in [1.29, 1.82) is 0 Å². The van der Waals surface area contributed by atoms with E-state index in [4.69, 9.17) is 31.8 Å². The second-order valence-corrected chi connectivity index (χ2v) is 20.3. The molecule has 0 aliphatic rings. The Balaban J connectivity index is 0.000000173. The zero-order chi connectivity index (χ0) is 50.5. The van der Waals surface area contributed by atoms with Crippen molar-refractivity contribution >= 4 is 118 Å². The molecule has 0 bridgehead atoms. The predicted molar refractivity (Wildman–Crippen MR) is 265 cm³/mol. The summed E-state index contributed by atoms with van der Waals surface area (Å²) in [6.45, 7) is 0. The van der Waals surface area contributed by atoms with Gasteiger partial charge in [0.2, 0.25) is 20.0 Å². The number of aromatic amines is 1. The Kier molecular flexibility index (Phi) is 18.7. The van der Waals surface area contributed by atoms with Gasteiger partial charge in [-0.1, -0.05) is 42.5 Å². The smallest absolute Gasteiger partial charge is 0.423 e. The van der Waals surface area contributed by atoms with E-state index in [1.807, 2.05) is 0 Å². The van der Waals surface area contributed by atoms with E-state index in [2.05, 4.69) is 40.8 Å². The summed E-state index contributed by atoms with van der Waals surface area (Å²) in [5.41, 5.74) is 14.5. The zero-order valence-electron chi connectivity index (χ0n) is 34.9. The maximum atomic E-state index is 13.9. The van der Waals surface area contributed by atoms with Gasteiger partial charge in [0.1, 0.15) is 44.5 Å². The molecule has 17 nitrogen and oxygen atoms in total. The summed E-state index contributed by atoms with van der Waals surface area (Å²) in [5.74, 6) is -0.789. The van der Waals surface area contributed by atoms with Gasteiger partial charge >= 0.3 is 7.12 Å². The summed E-state index contributed by atoms with van der Waals surface area (Å²) >= 11 is 7.09. The van der Waals surface area contributed by atoms with Crippen molar-refractivity contribution in [2.75, 3.05) is 11.5 Å². The van der Waals surface area contributed by atoms with E-state index < -0.39 is 33.0 Å². The number of anilines is 2. The van der Waals surface area contributed by atoms with Crippen LogP contribution in [0.25, 0.3) is 43.7 Å². The molecule has 9 aromatic rings. The fourth-order valence-corrected chi connectivity index (χ4v) is 8.94. The van der Waals surface area contributed by atoms with Crippen LogP contribution in [0.1, 0.15) is 21.0 Å². The summed E-state index contributed by atoms with van der Waals surface area (Å²) in [6, 6.07) is 26.6. The molecule has 0 saturated heterocycles. The van der Waals surface area contributed by atoms with Gasteiger partial charge < -0.3 is 26.5 Å². The number of nitrogens with zero attached hydrogens (tertiary/aromatic N) is 4. The Morgan fingerprint density at radius 3 is 1.59 bits per heavy atom. The highest BCUT2D eigenvalue weighted by molar-refractivity contribution is 9.11. The topological polar surface area (TPSA) is 314 Å². The molecule has 4 heterocycles. The van der Waals surface area contributed by atoms with Gasteiger partial charge in [-0.15, -0.1) is 34.0 Å². The second kappa shape index (κ2) is 24.2. The molecule has 0 aliphatic heterocycles. The first kappa shape index (κ1) is 53.4. The number of sulfonamides is 2. The minimum Gasteiger partial charge on any atom is -0.423 e. The summed E-state index contributed by atoms with van der Waals surface area (Å²) in [4.78, 5) is 39.9. The third kappa shape index (κ3) is 15.2. The number of nitrogens with two attached hydrogens (primary N) is 4. The number of benzene rings is 5. The van der Waals surface area contributed by atoms with Crippen molar-refractivity contribution in [2.45, 2.75) is 9.79 Å².